The van der Waals surface area contributed by atoms with E-state index in [9.17, 15) is 18.4 Å². The molecule has 4 fully saturated rings. The van der Waals surface area contributed by atoms with Crippen LogP contribution in [0.25, 0.3) is 16.6 Å². The minimum Gasteiger partial charge on any atom is -0.341 e. The van der Waals surface area contributed by atoms with Gasteiger partial charge in [0.05, 0.1) is 29.0 Å². The zero-order valence-corrected chi connectivity index (χ0v) is 24.0. The van der Waals surface area contributed by atoms with Gasteiger partial charge in [0.15, 0.2) is 0 Å². The first-order chi connectivity index (χ1) is 19.7. The number of aromatic nitrogens is 2. The predicted molar refractivity (Wildman–Crippen MR) is 154 cm³/mol. The molecule has 2 bridgehead atoms. The van der Waals surface area contributed by atoms with Gasteiger partial charge in [0.1, 0.15) is 12.0 Å². The van der Waals surface area contributed by atoms with Gasteiger partial charge in [-0.1, -0.05) is 0 Å². The van der Waals surface area contributed by atoms with Gasteiger partial charge < -0.3 is 19.7 Å². The molecule has 0 spiro atoms. The number of hydrogen-bond acceptors (Lipinski definition) is 4. The number of carbonyl (C=O) groups excluding carboxylic acids is 2. The summed E-state index contributed by atoms with van der Waals surface area (Å²) in [5.74, 6) is -0.692. The van der Waals surface area contributed by atoms with Crippen molar-refractivity contribution < 1.29 is 18.4 Å². The zero-order valence-electron chi connectivity index (χ0n) is 24.0. The van der Waals surface area contributed by atoms with Crippen molar-refractivity contribution in [2.24, 2.45) is 5.92 Å². The number of piperidine rings is 2. The van der Waals surface area contributed by atoms with Gasteiger partial charge >= 0.3 is 0 Å². The van der Waals surface area contributed by atoms with E-state index in [1.165, 1.54) is 12.1 Å². The number of likely N-dealkylation sites (tertiary alicyclic amines) is 1. The molecule has 1 aromatic carbocycles. The Bertz CT molecular complexity index is 1460. The van der Waals surface area contributed by atoms with Crippen molar-refractivity contribution in [3.05, 3.63) is 59.8 Å². The van der Waals surface area contributed by atoms with E-state index in [0.29, 0.717) is 30.8 Å². The maximum absolute atomic E-state index is 14.6. The molecule has 3 saturated heterocycles. The summed E-state index contributed by atoms with van der Waals surface area (Å²) < 4.78 is 31.0. The minimum absolute atomic E-state index is 0.0383. The molecule has 7 rings (SSSR count). The van der Waals surface area contributed by atoms with Crippen LogP contribution in [0.3, 0.4) is 0 Å². The van der Waals surface area contributed by atoms with E-state index >= 15 is 0 Å². The summed E-state index contributed by atoms with van der Waals surface area (Å²) in [5, 5.41) is 4.46. The molecule has 9 heteroatoms. The standard InChI is InChI=1S/C32H39F2N5O2/c1-19(2)37(3)31(40)25-15-21(33)6-9-28(25)39-18-26(23-10-12-35-17-29(23)39)20-5-4-13-38(14-11-20)32(41)30-24-8-7-22(36-30)16-27(24)34/h6,9-10,12,15,17-20,22,24,27,30,36H,4-5,7-8,11,13-14,16H2,1-3H3/t20?,22-,24+,27-,30-/m0/s1. The van der Waals surface area contributed by atoms with Crippen molar-refractivity contribution in [1.82, 2.24) is 24.7 Å². The maximum atomic E-state index is 14.6. The van der Waals surface area contributed by atoms with E-state index in [1.807, 2.05) is 29.4 Å². The third kappa shape index (κ3) is 5.13. The van der Waals surface area contributed by atoms with E-state index in [0.717, 1.165) is 48.6 Å². The fourth-order valence-electron chi connectivity index (χ4n) is 7.06. The quantitative estimate of drug-likeness (QED) is 0.462. The topological polar surface area (TPSA) is 70.5 Å². The number of carbonyl (C=O) groups is 2. The normalized spacial score (nSPS) is 26.4. The maximum Gasteiger partial charge on any atom is 0.256 e. The van der Waals surface area contributed by atoms with Crippen LogP contribution in [-0.2, 0) is 4.79 Å². The van der Waals surface area contributed by atoms with E-state index in [1.54, 1.807) is 30.4 Å². The first-order valence-electron chi connectivity index (χ1n) is 14.9. The summed E-state index contributed by atoms with van der Waals surface area (Å²) >= 11 is 0. The second-order valence-electron chi connectivity index (χ2n) is 12.3. The van der Waals surface area contributed by atoms with Gasteiger partial charge in [0.25, 0.3) is 5.91 Å². The van der Waals surface area contributed by atoms with Gasteiger partial charge in [-0.3, -0.25) is 14.6 Å². The van der Waals surface area contributed by atoms with Crippen LogP contribution in [0.5, 0.6) is 0 Å². The van der Waals surface area contributed by atoms with Crippen molar-refractivity contribution in [2.75, 3.05) is 20.1 Å². The van der Waals surface area contributed by atoms with Crippen LogP contribution in [0.4, 0.5) is 8.78 Å². The third-order valence-corrected chi connectivity index (χ3v) is 9.59. The summed E-state index contributed by atoms with van der Waals surface area (Å²) in [5.41, 5.74) is 2.89. The Labute approximate surface area is 239 Å². The number of fused-ring (bicyclic) bond motifs is 4. The molecule has 0 radical (unpaired) electrons. The Morgan fingerprint density at radius 2 is 1.95 bits per heavy atom. The van der Waals surface area contributed by atoms with Crippen molar-refractivity contribution in [3.63, 3.8) is 0 Å². The number of amides is 2. The molecule has 1 saturated carbocycles. The van der Waals surface area contributed by atoms with Gasteiger partial charge in [0, 0.05) is 55.9 Å². The summed E-state index contributed by atoms with van der Waals surface area (Å²) in [4.78, 5) is 34.8. The number of pyridine rings is 1. The van der Waals surface area contributed by atoms with Crippen LogP contribution in [0.1, 0.15) is 74.2 Å². The smallest absolute Gasteiger partial charge is 0.256 e. The highest BCUT2D eigenvalue weighted by atomic mass is 19.1. The third-order valence-electron chi connectivity index (χ3n) is 9.59. The lowest BCUT2D eigenvalue weighted by molar-refractivity contribution is -0.139. The lowest BCUT2D eigenvalue weighted by Gasteiger charge is -2.46. The van der Waals surface area contributed by atoms with Gasteiger partial charge in [-0.2, -0.15) is 0 Å². The van der Waals surface area contributed by atoms with Crippen LogP contribution >= 0.6 is 0 Å². The number of rotatable bonds is 5. The molecule has 7 nitrogen and oxygen atoms in total. The molecular weight excluding hydrogens is 524 g/mol. The molecule has 2 aromatic heterocycles. The second-order valence-corrected chi connectivity index (χ2v) is 12.3. The molecule has 1 unspecified atom stereocenters. The molecule has 3 aromatic rings. The Hall–Kier alpha value is -3.33. The number of nitrogens with zero attached hydrogens (tertiary/aromatic N) is 4. The zero-order chi connectivity index (χ0) is 28.8. The monoisotopic (exact) mass is 563 g/mol. The highest BCUT2D eigenvalue weighted by Gasteiger charge is 2.46. The van der Waals surface area contributed by atoms with E-state index < -0.39 is 18.0 Å². The van der Waals surface area contributed by atoms with Gasteiger partial charge in [-0.25, -0.2) is 8.78 Å². The molecule has 1 N–H and O–H groups in total. The Balaban J connectivity index is 1.29. The lowest BCUT2D eigenvalue weighted by atomic mass is 9.74. The Morgan fingerprint density at radius 1 is 1.12 bits per heavy atom. The van der Waals surface area contributed by atoms with E-state index in [4.69, 9.17) is 0 Å². The fraction of sp³-hybridized carbons (Fsp3) is 0.531. The second kappa shape index (κ2) is 11.2. The number of alkyl halides is 1. The fourth-order valence-corrected chi connectivity index (χ4v) is 7.06. The minimum atomic E-state index is -0.896. The molecule has 41 heavy (non-hydrogen) atoms. The number of benzene rings is 1. The van der Waals surface area contributed by atoms with Gasteiger partial charge in [-0.15, -0.1) is 0 Å². The molecule has 5 heterocycles. The molecule has 5 atom stereocenters. The average molecular weight is 564 g/mol. The predicted octanol–water partition coefficient (Wildman–Crippen LogP) is 5.22. The highest BCUT2D eigenvalue weighted by Crippen LogP contribution is 2.39. The Morgan fingerprint density at radius 3 is 2.71 bits per heavy atom. The van der Waals surface area contributed by atoms with Gasteiger partial charge in [0.2, 0.25) is 5.91 Å². The van der Waals surface area contributed by atoms with Crippen molar-refractivity contribution in [3.8, 4) is 5.69 Å². The number of nitrogens with one attached hydrogen (secondary N) is 1. The number of hydrogen-bond donors (Lipinski definition) is 1. The summed E-state index contributed by atoms with van der Waals surface area (Å²) in [6, 6.07) is 5.98. The van der Waals surface area contributed by atoms with E-state index in [2.05, 4.69) is 16.5 Å². The summed E-state index contributed by atoms with van der Waals surface area (Å²) in [7, 11) is 1.72. The molecule has 218 valence electrons. The van der Waals surface area contributed by atoms with Crippen LogP contribution in [0.15, 0.2) is 42.9 Å². The van der Waals surface area contributed by atoms with Crippen LogP contribution in [0, 0.1) is 11.7 Å². The van der Waals surface area contributed by atoms with Crippen molar-refractivity contribution >= 4 is 22.7 Å². The van der Waals surface area contributed by atoms with Crippen molar-refractivity contribution in [2.45, 2.75) is 82.6 Å². The van der Waals surface area contributed by atoms with Gasteiger partial charge in [-0.05, 0) is 88.1 Å². The SMILES string of the molecule is CC(C)N(C)C(=O)c1cc(F)ccc1-n1cc(C2CCCN(C(=O)[C@H]3N[C@H]4CC[C@@H]3[C@@H](F)C4)CC2)c2ccncc21. The van der Waals surface area contributed by atoms with Crippen molar-refractivity contribution in [1.29, 1.82) is 0 Å². The molecule has 2 amide bonds. The lowest BCUT2D eigenvalue weighted by Crippen LogP contribution is -2.62. The largest absolute Gasteiger partial charge is 0.341 e. The molecule has 1 aliphatic carbocycles. The molecule has 3 aliphatic heterocycles. The average Bonchev–Trinajstić information content (AvgIpc) is 3.18. The highest BCUT2D eigenvalue weighted by molar-refractivity contribution is 5.99. The first kappa shape index (κ1) is 27.8. The van der Waals surface area contributed by atoms with Crippen LogP contribution in [0.2, 0.25) is 0 Å². The summed E-state index contributed by atoms with van der Waals surface area (Å²) in [6.07, 6.45) is 9.51. The Kier molecular flexibility index (Phi) is 7.57. The van der Waals surface area contributed by atoms with Crippen LogP contribution < -0.4 is 5.32 Å². The first-order valence-corrected chi connectivity index (χ1v) is 14.9. The number of halogens is 2. The summed E-state index contributed by atoms with van der Waals surface area (Å²) in [6.45, 7) is 5.14. The molecular formula is C32H39F2N5O2. The molecule has 4 aliphatic rings. The van der Waals surface area contributed by atoms with E-state index in [-0.39, 0.29) is 35.7 Å². The van der Waals surface area contributed by atoms with Crippen LogP contribution in [-0.4, -0.2) is 75.6 Å².